The number of aliphatic hydroxyl groups is 1. The van der Waals surface area contributed by atoms with E-state index in [1.807, 2.05) is 26.0 Å². The number of thioether (sulfide) groups is 1. The normalized spacial score (nSPS) is 16.9. The topological polar surface area (TPSA) is 206 Å². The second kappa shape index (κ2) is 16.8. The lowest BCUT2D eigenvalue weighted by atomic mass is 9.96. The third kappa shape index (κ3) is 10.5. The lowest BCUT2D eigenvalue weighted by Crippen LogP contribution is -2.60. The summed E-state index contributed by atoms with van der Waals surface area (Å²) in [4.78, 5) is 66.9. The van der Waals surface area contributed by atoms with Gasteiger partial charge < -0.3 is 42.2 Å². The molecule has 3 aromatic carbocycles. The van der Waals surface area contributed by atoms with E-state index in [0.29, 0.717) is 16.8 Å². The van der Waals surface area contributed by atoms with Crippen molar-refractivity contribution >= 4 is 47.2 Å². The molecule has 260 valence electrons. The third-order valence-electron chi connectivity index (χ3n) is 7.98. The van der Waals surface area contributed by atoms with Crippen LogP contribution in [0.2, 0.25) is 0 Å². The van der Waals surface area contributed by atoms with E-state index in [1.54, 1.807) is 72.8 Å². The van der Waals surface area contributed by atoms with Crippen molar-refractivity contribution in [1.29, 1.82) is 0 Å². The van der Waals surface area contributed by atoms with Gasteiger partial charge in [-0.1, -0.05) is 72.8 Å². The van der Waals surface area contributed by atoms with E-state index in [1.165, 1.54) is 16.7 Å². The van der Waals surface area contributed by atoms with E-state index < -0.39 is 65.1 Å². The molecule has 0 aliphatic carbocycles. The summed E-state index contributed by atoms with van der Waals surface area (Å²) in [6.45, 7) is 3.77. The predicted molar refractivity (Wildman–Crippen MR) is 185 cm³/mol. The van der Waals surface area contributed by atoms with E-state index in [9.17, 15) is 29.1 Å². The molecule has 4 rings (SSSR count). The lowest BCUT2D eigenvalue weighted by molar-refractivity contribution is -0.148. The molecule has 1 fully saturated rings. The lowest BCUT2D eigenvalue weighted by Gasteiger charge is -2.33. The van der Waals surface area contributed by atoms with Crippen LogP contribution < -0.4 is 27.4 Å². The average Bonchev–Trinajstić information content (AvgIpc) is 3.40. The molecule has 0 saturated carbocycles. The molecule has 0 spiro atoms. The van der Waals surface area contributed by atoms with Gasteiger partial charge in [0, 0.05) is 17.0 Å². The van der Waals surface area contributed by atoms with E-state index >= 15 is 0 Å². The van der Waals surface area contributed by atoms with E-state index in [4.69, 9.17) is 16.2 Å². The van der Waals surface area contributed by atoms with Crippen LogP contribution in [0.3, 0.4) is 0 Å². The van der Waals surface area contributed by atoms with Crippen LogP contribution in [0.1, 0.15) is 37.0 Å². The molecule has 1 aliphatic rings. The molecule has 4 atom stereocenters. The fraction of sp³-hybridized carbons (Fsp3) is 0.343. The van der Waals surface area contributed by atoms with Crippen molar-refractivity contribution in [3.8, 4) is 0 Å². The largest absolute Gasteiger partial charge is 0.445 e. The molecule has 8 N–H and O–H groups in total. The Morgan fingerprint density at radius 1 is 0.939 bits per heavy atom. The zero-order valence-electron chi connectivity index (χ0n) is 27.3. The van der Waals surface area contributed by atoms with Gasteiger partial charge in [-0.3, -0.25) is 19.2 Å². The number of aliphatic hydroxyl groups excluding tert-OH is 1. The van der Waals surface area contributed by atoms with E-state index in [0.717, 1.165) is 5.56 Å². The van der Waals surface area contributed by atoms with Crippen LogP contribution in [0.4, 0.5) is 10.5 Å². The number of ether oxygens (including phenoxy) is 1. The molecule has 0 bridgehead atoms. The fourth-order valence-corrected chi connectivity index (χ4v) is 6.59. The number of anilines is 1. The summed E-state index contributed by atoms with van der Waals surface area (Å²) in [5, 5.41) is 19.4. The zero-order chi connectivity index (χ0) is 35.6. The Labute approximate surface area is 289 Å². The number of nitrogens with two attached hydrogens (primary N) is 2. The third-order valence-corrected chi connectivity index (χ3v) is 9.36. The molecule has 1 saturated heterocycles. The molecule has 49 heavy (non-hydrogen) atoms. The summed E-state index contributed by atoms with van der Waals surface area (Å²) < 4.78 is 4.51. The van der Waals surface area contributed by atoms with Crippen molar-refractivity contribution in [2.75, 3.05) is 11.6 Å². The summed E-state index contributed by atoms with van der Waals surface area (Å²) in [6.07, 6.45) is -3.33. The summed E-state index contributed by atoms with van der Waals surface area (Å²) in [5.41, 5.74) is 14.0. The second-order valence-electron chi connectivity index (χ2n) is 12.2. The fourth-order valence-electron chi connectivity index (χ4n) is 5.45. The number of hydrogen-bond acceptors (Lipinski definition) is 9. The number of rotatable bonds is 14. The first-order valence-corrected chi connectivity index (χ1v) is 16.7. The number of nitrogens with one attached hydrogen (secondary N) is 3. The summed E-state index contributed by atoms with van der Waals surface area (Å²) in [7, 11) is 0. The summed E-state index contributed by atoms with van der Waals surface area (Å²) >= 11 is 1.38. The Morgan fingerprint density at radius 2 is 1.57 bits per heavy atom. The minimum absolute atomic E-state index is 0.0118. The van der Waals surface area contributed by atoms with Crippen molar-refractivity contribution in [2.24, 2.45) is 5.73 Å². The Kier molecular flexibility index (Phi) is 12.6. The highest BCUT2D eigenvalue weighted by atomic mass is 32.2. The minimum Gasteiger partial charge on any atom is -0.445 e. The highest BCUT2D eigenvalue weighted by Crippen LogP contribution is 2.40. The van der Waals surface area contributed by atoms with Gasteiger partial charge in [0.2, 0.25) is 17.7 Å². The Morgan fingerprint density at radius 3 is 2.20 bits per heavy atom. The van der Waals surface area contributed by atoms with Crippen LogP contribution in [0.15, 0.2) is 84.9 Å². The SMILES string of the molecule is CC1(C)SCN(C(=O)[C@@H](O)[C@H](Cc2ccccc2)NC(=O)[C@H](CC(N)=O)NC(=O)OCc2ccccc2)[C@@H]1C(=O)NCc1cccc(N)c1. The molecule has 1 heterocycles. The highest BCUT2D eigenvalue weighted by molar-refractivity contribution is 8.00. The Hall–Kier alpha value is -5.08. The Bertz CT molecular complexity index is 1620. The van der Waals surface area contributed by atoms with Crippen molar-refractivity contribution in [2.45, 2.75) is 68.8 Å². The maximum atomic E-state index is 14.0. The molecule has 1 aliphatic heterocycles. The minimum atomic E-state index is -1.80. The molecule has 0 unspecified atom stereocenters. The zero-order valence-corrected chi connectivity index (χ0v) is 28.2. The smallest absolute Gasteiger partial charge is 0.408 e. The van der Waals surface area contributed by atoms with Gasteiger partial charge in [-0.15, -0.1) is 11.8 Å². The first-order valence-electron chi connectivity index (χ1n) is 15.7. The van der Waals surface area contributed by atoms with Gasteiger partial charge in [0.05, 0.1) is 18.3 Å². The van der Waals surface area contributed by atoms with Crippen LogP contribution in [0, 0.1) is 0 Å². The van der Waals surface area contributed by atoms with Gasteiger partial charge in [0.1, 0.15) is 18.7 Å². The molecule has 5 amide bonds. The highest BCUT2D eigenvalue weighted by Gasteiger charge is 2.50. The van der Waals surface area contributed by atoms with Crippen molar-refractivity contribution in [1.82, 2.24) is 20.9 Å². The number of primary amides is 1. The first-order chi connectivity index (χ1) is 23.3. The van der Waals surface area contributed by atoms with Crippen LogP contribution in [0.25, 0.3) is 0 Å². The maximum Gasteiger partial charge on any atom is 0.408 e. The number of carbonyl (C=O) groups excluding carboxylic acids is 5. The van der Waals surface area contributed by atoms with Crippen LogP contribution in [-0.2, 0) is 43.5 Å². The number of benzene rings is 3. The van der Waals surface area contributed by atoms with Crippen LogP contribution >= 0.6 is 11.8 Å². The van der Waals surface area contributed by atoms with Crippen molar-refractivity contribution < 1.29 is 33.8 Å². The molecule has 0 aromatic heterocycles. The van der Waals surface area contributed by atoms with E-state index in [-0.39, 0.29) is 25.4 Å². The van der Waals surface area contributed by atoms with Crippen molar-refractivity contribution in [3.05, 3.63) is 102 Å². The number of alkyl carbamates (subject to hydrolysis) is 1. The average molecular weight is 691 g/mol. The van der Waals surface area contributed by atoms with E-state index in [2.05, 4.69) is 16.0 Å². The first kappa shape index (κ1) is 36.8. The van der Waals surface area contributed by atoms with Gasteiger partial charge >= 0.3 is 6.09 Å². The standard InChI is InChI=1S/C35H42N6O7S/c1-35(2)30(32(45)38-19-24-14-9-15-25(36)16-24)41(21-49-35)33(46)29(43)26(17-22-10-5-3-6-11-22)39-31(44)27(18-28(37)42)40-34(47)48-20-23-12-7-4-8-13-23/h3-16,26-27,29-30,43H,17-21,36H2,1-2H3,(H2,37,42)(H,38,45)(H,39,44)(H,40,47)/t26-,27-,29-,30+/m0/s1. The number of carbonyl (C=O) groups is 5. The van der Waals surface area contributed by atoms with Crippen LogP contribution in [-0.4, -0.2) is 74.6 Å². The van der Waals surface area contributed by atoms with Gasteiger partial charge in [0.15, 0.2) is 6.10 Å². The summed E-state index contributed by atoms with van der Waals surface area (Å²) in [6, 6.07) is 21.1. The van der Waals surface area contributed by atoms with Gasteiger partial charge in [-0.25, -0.2) is 4.79 Å². The molecule has 3 aromatic rings. The number of hydrogen-bond donors (Lipinski definition) is 6. The predicted octanol–water partition coefficient (Wildman–Crippen LogP) is 1.82. The van der Waals surface area contributed by atoms with Gasteiger partial charge in [-0.05, 0) is 49.1 Å². The molecule has 14 heteroatoms. The summed E-state index contributed by atoms with van der Waals surface area (Å²) in [5.74, 6) is -2.81. The quantitative estimate of drug-likeness (QED) is 0.136. The second-order valence-corrected chi connectivity index (χ2v) is 13.8. The van der Waals surface area contributed by atoms with Gasteiger partial charge in [0.25, 0.3) is 5.91 Å². The monoisotopic (exact) mass is 690 g/mol. The molecular weight excluding hydrogens is 648 g/mol. The number of nitrogen functional groups attached to an aromatic ring is 1. The number of amides is 5. The molecular formula is C35H42N6O7S. The van der Waals surface area contributed by atoms with Crippen LogP contribution in [0.5, 0.6) is 0 Å². The maximum absolute atomic E-state index is 14.0. The van der Waals surface area contributed by atoms with Gasteiger partial charge in [-0.2, -0.15) is 0 Å². The molecule has 0 radical (unpaired) electrons. The van der Waals surface area contributed by atoms with Crippen molar-refractivity contribution in [3.63, 3.8) is 0 Å². The molecule has 13 nitrogen and oxygen atoms in total. The Balaban J connectivity index is 1.50. The number of nitrogens with zero attached hydrogens (tertiary/aromatic N) is 1.